The van der Waals surface area contributed by atoms with Crippen molar-refractivity contribution in [1.29, 1.82) is 0 Å². The molecular weight excluding hydrogens is 352 g/mol. The Bertz CT molecular complexity index is 716. The van der Waals surface area contributed by atoms with Gasteiger partial charge in [0.05, 0.1) is 25.7 Å². The van der Waals surface area contributed by atoms with Crippen LogP contribution in [0.15, 0.2) is 24.3 Å². The van der Waals surface area contributed by atoms with E-state index in [1.54, 1.807) is 0 Å². The molecule has 0 spiro atoms. The van der Waals surface area contributed by atoms with Gasteiger partial charge in [-0.1, -0.05) is 46.4 Å². The van der Waals surface area contributed by atoms with Gasteiger partial charge in [0.1, 0.15) is 0 Å². The van der Waals surface area contributed by atoms with Crippen LogP contribution in [0.25, 0.3) is 0 Å². The molecule has 0 aliphatic rings. The average Bonchev–Trinajstić information content (AvgIpc) is 2.39. The van der Waals surface area contributed by atoms with E-state index in [4.69, 9.17) is 46.4 Å². The molecule has 2 rings (SSSR count). The molecule has 20 heavy (non-hydrogen) atoms. The summed E-state index contributed by atoms with van der Waals surface area (Å²) < 4.78 is 26.0. The van der Waals surface area contributed by atoms with E-state index in [2.05, 4.69) is 0 Å². The third-order valence-corrected chi connectivity index (χ3v) is 4.08. The summed E-state index contributed by atoms with van der Waals surface area (Å²) in [4.78, 5) is 12.3. The van der Waals surface area contributed by atoms with Crippen LogP contribution in [0.4, 0.5) is 8.78 Å². The van der Waals surface area contributed by atoms with Gasteiger partial charge in [0.25, 0.3) is 0 Å². The Labute approximate surface area is 133 Å². The smallest absolute Gasteiger partial charge is 0.196 e. The predicted octanol–water partition coefficient (Wildman–Crippen LogP) is 5.81. The molecule has 1 nitrogen and oxygen atoms in total. The molecule has 0 amide bonds. The molecule has 0 N–H and O–H groups in total. The molecule has 0 aromatic heterocycles. The summed E-state index contributed by atoms with van der Waals surface area (Å²) in [7, 11) is 0. The molecule has 0 radical (unpaired) electrons. The maximum atomic E-state index is 13.2. The van der Waals surface area contributed by atoms with Gasteiger partial charge in [-0.2, -0.15) is 0 Å². The summed E-state index contributed by atoms with van der Waals surface area (Å²) >= 11 is 23.4. The lowest BCUT2D eigenvalue weighted by atomic mass is 10.0. The Kier molecular flexibility index (Phi) is 4.55. The van der Waals surface area contributed by atoms with Gasteiger partial charge in [-0.3, -0.25) is 4.79 Å². The number of carbonyl (C=O) groups is 1. The van der Waals surface area contributed by atoms with E-state index in [1.165, 1.54) is 6.07 Å². The van der Waals surface area contributed by atoms with Crippen LogP contribution in [0.3, 0.4) is 0 Å². The molecule has 2 aromatic rings. The number of hydrogen-bond donors (Lipinski definition) is 0. The molecule has 0 unspecified atom stereocenters. The summed E-state index contributed by atoms with van der Waals surface area (Å²) in [6.45, 7) is 0. The van der Waals surface area contributed by atoms with Crippen molar-refractivity contribution in [2.24, 2.45) is 0 Å². The number of hydrogen-bond acceptors (Lipinski definition) is 1. The molecule has 104 valence electrons. The normalized spacial score (nSPS) is 10.7. The highest BCUT2D eigenvalue weighted by molar-refractivity contribution is 6.51. The Morgan fingerprint density at radius 3 is 2.10 bits per heavy atom. The maximum absolute atomic E-state index is 13.2. The number of halogens is 6. The third-order valence-electron chi connectivity index (χ3n) is 2.52. The second kappa shape index (κ2) is 5.86. The van der Waals surface area contributed by atoms with Crippen LogP contribution < -0.4 is 0 Å². The van der Waals surface area contributed by atoms with Crippen molar-refractivity contribution in [3.63, 3.8) is 0 Å². The third kappa shape index (κ3) is 2.77. The first kappa shape index (κ1) is 15.5. The molecule has 0 saturated carbocycles. The fraction of sp³-hybridized carbons (Fsp3) is 0. The Balaban J connectivity index is 2.59. The van der Waals surface area contributed by atoms with E-state index >= 15 is 0 Å². The first-order valence-electron chi connectivity index (χ1n) is 5.15. The molecular formula is C13H4Cl4F2O. The maximum Gasteiger partial charge on any atom is 0.196 e. The molecule has 2 aromatic carbocycles. The Morgan fingerprint density at radius 2 is 1.50 bits per heavy atom. The van der Waals surface area contributed by atoms with Crippen LogP contribution in [-0.2, 0) is 0 Å². The van der Waals surface area contributed by atoms with Gasteiger partial charge in [-0.15, -0.1) is 0 Å². The van der Waals surface area contributed by atoms with Gasteiger partial charge in [-0.25, -0.2) is 8.78 Å². The van der Waals surface area contributed by atoms with Crippen LogP contribution in [0.2, 0.25) is 20.1 Å². The van der Waals surface area contributed by atoms with Crippen molar-refractivity contribution in [3.05, 3.63) is 67.1 Å². The molecule has 0 aliphatic carbocycles. The van der Waals surface area contributed by atoms with Crippen molar-refractivity contribution >= 4 is 52.2 Å². The lowest BCUT2D eigenvalue weighted by Gasteiger charge is -2.09. The summed E-state index contributed by atoms with van der Waals surface area (Å²) in [6.07, 6.45) is 0. The zero-order valence-corrected chi connectivity index (χ0v) is 12.5. The predicted molar refractivity (Wildman–Crippen MR) is 76.3 cm³/mol. The largest absolute Gasteiger partial charge is 0.288 e. The van der Waals surface area contributed by atoms with Crippen LogP contribution in [0, 0.1) is 11.6 Å². The van der Waals surface area contributed by atoms with Gasteiger partial charge in [0.15, 0.2) is 17.4 Å². The SMILES string of the molecule is O=C(c1ccc(F)c(F)c1)c1c(Cl)cc(Cl)c(Cl)c1Cl. The van der Waals surface area contributed by atoms with E-state index < -0.39 is 17.4 Å². The standard InChI is InChI=1S/C13H4Cl4F2O/c14-6-4-7(15)11(16)12(17)10(6)13(20)5-1-2-8(18)9(19)3-5/h1-4H. The van der Waals surface area contributed by atoms with Crippen molar-refractivity contribution in [1.82, 2.24) is 0 Å². The van der Waals surface area contributed by atoms with Crippen LogP contribution in [0.5, 0.6) is 0 Å². The molecule has 0 aliphatic heterocycles. The Hall–Kier alpha value is -0.870. The zero-order valence-electron chi connectivity index (χ0n) is 9.49. The van der Waals surface area contributed by atoms with Gasteiger partial charge >= 0.3 is 0 Å². The summed E-state index contributed by atoms with van der Waals surface area (Å²) in [5, 5.41) is -0.120. The van der Waals surface area contributed by atoms with Crippen LogP contribution in [-0.4, -0.2) is 5.78 Å². The highest BCUT2D eigenvalue weighted by atomic mass is 35.5. The zero-order chi connectivity index (χ0) is 15.0. The second-order valence-corrected chi connectivity index (χ2v) is 5.37. The second-order valence-electron chi connectivity index (χ2n) is 3.80. The topological polar surface area (TPSA) is 17.1 Å². The summed E-state index contributed by atoms with van der Waals surface area (Å²) in [5.41, 5.74) is -0.222. The van der Waals surface area contributed by atoms with Crippen molar-refractivity contribution < 1.29 is 13.6 Å². The van der Waals surface area contributed by atoms with Gasteiger partial charge < -0.3 is 0 Å². The number of benzene rings is 2. The van der Waals surface area contributed by atoms with Gasteiger partial charge in [0, 0.05) is 5.56 Å². The van der Waals surface area contributed by atoms with E-state index in [0.717, 1.165) is 18.2 Å². The lowest BCUT2D eigenvalue weighted by Crippen LogP contribution is -2.05. The fourth-order valence-electron chi connectivity index (χ4n) is 1.56. The van der Waals surface area contributed by atoms with Crippen molar-refractivity contribution in [3.8, 4) is 0 Å². The number of ketones is 1. The first-order valence-corrected chi connectivity index (χ1v) is 6.67. The van der Waals surface area contributed by atoms with E-state index in [-0.39, 0.29) is 31.2 Å². The van der Waals surface area contributed by atoms with E-state index in [9.17, 15) is 13.6 Å². The van der Waals surface area contributed by atoms with Crippen LogP contribution >= 0.6 is 46.4 Å². The quantitative estimate of drug-likeness (QED) is 0.377. The first-order chi connectivity index (χ1) is 9.32. The average molecular weight is 356 g/mol. The lowest BCUT2D eigenvalue weighted by molar-refractivity contribution is 0.103. The minimum absolute atomic E-state index is 0.0286. The minimum atomic E-state index is -1.15. The minimum Gasteiger partial charge on any atom is -0.288 e. The summed E-state index contributed by atoms with van der Waals surface area (Å²) in [6, 6.07) is 3.97. The van der Waals surface area contributed by atoms with Crippen molar-refractivity contribution in [2.75, 3.05) is 0 Å². The monoisotopic (exact) mass is 354 g/mol. The van der Waals surface area contributed by atoms with Crippen LogP contribution in [0.1, 0.15) is 15.9 Å². The molecule has 0 bridgehead atoms. The number of rotatable bonds is 2. The highest BCUT2D eigenvalue weighted by Gasteiger charge is 2.22. The molecule has 0 heterocycles. The molecule has 7 heteroatoms. The van der Waals surface area contributed by atoms with Crippen molar-refractivity contribution in [2.45, 2.75) is 0 Å². The molecule has 0 saturated heterocycles. The number of carbonyl (C=O) groups excluding carboxylic acids is 1. The van der Waals surface area contributed by atoms with Gasteiger partial charge in [0.2, 0.25) is 0 Å². The van der Waals surface area contributed by atoms with E-state index in [1.807, 2.05) is 0 Å². The Morgan fingerprint density at radius 1 is 0.850 bits per heavy atom. The highest BCUT2D eigenvalue weighted by Crippen LogP contribution is 2.38. The molecule has 0 atom stereocenters. The summed E-state index contributed by atoms with van der Waals surface area (Å²) in [5.74, 6) is -2.89. The van der Waals surface area contributed by atoms with E-state index in [0.29, 0.717) is 0 Å². The fourth-order valence-corrected chi connectivity index (χ4v) is 2.64. The van der Waals surface area contributed by atoms with Gasteiger partial charge in [-0.05, 0) is 24.3 Å². The molecule has 0 fully saturated rings.